The highest BCUT2D eigenvalue weighted by molar-refractivity contribution is 6.32. The highest BCUT2D eigenvalue weighted by Gasteiger charge is 2.11. The summed E-state index contributed by atoms with van der Waals surface area (Å²) in [5.41, 5.74) is 4.93. The fraction of sp³-hybridized carbons (Fsp3) is 0.136. The predicted octanol–water partition coefficient (Wildman–Crippen LogP) is 5.78. The van der Waals surface area contributed by atoms with E-state index in [0.717, 1.165) is 39.3 Å². The summed E-state index contributed by atoms with van der Waals surface area (Å²) in [6.45, 7) is 2.34. The van der Waals surface area contributed by atoms with Crippen LogP contribution in [-0.4, -0.2) is 17.1 Å². The molecule has 5 heteroatoms. The molecular formula is C22H19ClN2O2. The first kappa shape index (κ1) is 17.4. The van der Waals surface area contributed by atoms with Crippen molar-refractivity contribution in [3.05, 3.63) is 76.8 Å². The van der Waals surface area contributed by atoms with Crippen molar-refractivity contribution in [1.82, 2.24) is 9.97 Å². The van der Waals surface area contributed by atoms with Gasteiger partial charge >= 0.3 is 0 Å². The van der Waals surface area contributed by atoms with Gasteiger partial charge in [0.25, 0.3) is 0 Å². The first-order valence-electron chi connectivity index (χ1n) is 8.65. The van der Waals surface area contributed by atoms with Crippen molar-refractivity contribution in [3.63, 3.8) is 0 Å². The maximum Gasteiger partial charge on any atom is 0.138 e. The van der Waals surface area contributed by atoms with Crippen LogP contribution >= 0.6 is 11.6 Å². The molecule has 3 aromatic carbocycles. The standard InChI is InChI=1S/C22H19ClN2O2/c1-14-7-9-21(17(23)11-14)27-13-16-12-15(8-10-20(16)26-2)22-24-18-5-3-4-6-19(18)25-22/h3-12H,13H2,1-2H3,(H,24,25). The average Bonchev–Trinajstić information content (AvgIpc) is 3.11. The molecular weight excluding hydrogens is 360 g/mol. The third-order valence-electron chi connectivity index (χ3n) is 4.41. The molecule has 0 aliphatic carbocycles. The van der Waals surface area contributed by atoms with E-state index in [2.05, 4.69) is 9.97 Å². The minimum absolute atomic E-state index is 0.347. The van der Waals surface area contributed by atoms with Gasteiger partial charge in [0, 0.05) is 11.1 Å². The van der Waals surface area contributed by atoms with Crippen molar-refractivity contribution in [3.8, 4) is 22.9 Å². The number of nitrogens with one attached hydrogen (secondary N) is 1. The van der Waals surface area contributed by atoms with Gasteiger partial charge in [0.15, 0.2) is 0 Å². The summed E-state index contributed by atoms with van der Waals surface area (Å²) in [4.78, 5) is 8.02. The molecule has 4 rings (SSSR count). The number of H-pyrrole nitrogens is 1. The van der Waals surface area contributed by atoms with Gasteiger partial charge in [-0.2, -0.15) is 0 Å². The topological polar surface area (TPSA) is 47.1 Å². The van der Waals surface area contributed by atoms with Crippen LogP contribution in [0.1, 0.15) is 11.1 Å². The first-order chi connectivity index (χ1) is 13.1. The van der Waals surface area contributed by atoms with Crippen LogP contribution in [0, 0.1) is 6.92 Å². The summed E-state index contributed by atoms with van der Waals surface area (Å²) in [7, 11) is 1.65. The van der Waals surface area contributed by atoms with Gasteiger partial charge in [-0.1, -0.05) is 29.8 Å². The zero-order chi connectivity index (χ0) is 18.8. The van der Waals surface area contributed by atoms with E-state index in [-0.39, 0.29) is 0 Å². The molecule has 0 bridgehead atoms. The minimum Gasteiger partial charge on any atom is -0.496 e. The molecule has 0 radical (unpaired) electrons. The van der Waals surface area contributed by atoms with E-state index >= 15 is 0 Å². The van der Waals surface area contributed by atoms with Gasteiger partial charge in [-0.25, -0.2) is 4.98 Å². The predicted molar refractivity (Wildman–Crippen MR) is 109 cm³/mol. The number of aromatic nitrogens is 2. The number of nitrogens with zero attached hydrogens (tertiary/aromatic N) is 1. The molecule has 0 atom stereocenters. The Bertz CT molecular complexity index is 1070. The zero-order valence-electron chi connectivity index (χ0n) is 15.1. The summed E-state index contributed by atoms with van der Waals surface area (Å²) in [6, 6.07) is 19.7. The molecule has 0 unspecified atom stereocenters. The molecule has 0 amide bonds. The van der Waals surface area contributed by atoms with Crippen LogP contribution in [-0.2, 0) is 6.61 Å². The summed E-state index contributed by atoms with van der Waals surface area (Å²) in [5.74, 6) is 2.23. The van der Waals surface area contributed by atoms with E-state index in [4.69, 9.17) is 21.1 Å². The van der Waals surface area contributed by atoms with E-state index in [1.807, 2.05) is 67.6 Å². The number of ether oxygens (including phenoxy) is 2. The summed E-state index contributed by atoms with van der Waals surface area (Å²) < 4.78 is 11.4. The van der Waals surface area contributed by atoms with Gasteiger partial charge < -0.3 is 14.5 Å². The van der Waals surface area contributed by atoms with E-state index in [0.29, 0.717) is 17.4 Å². The second-order valence-corrected chi connectivity index (χ2v) is 6.76. The number of benzene rings is 3. The van der Waals surface area contributed by atoms with E-state index < -0.39 is 0 Å². The summed E-state index contributed by atoms with van der Waals surface area (Å²) in [5, 5.41) is 0.599. The largest absolute Gasteiger partial charge is 0.496 e. The lowest BCUT2D eigenvalue weighted by atomic mass is 10.1. The third-order valence-corrected chi connectivity index (χ3v) is 4.71. The number of imidazole rings is 1. The fourth-order valence-corrected chi connectivity index (χ4v) is 3.30. The average molecular weight is 379 g/mol. The second kappa shape index (κ2) is 7.33. The first-order valence-corrected chi connectivity index (χ1v) is 9.03. The van der Waals surface area contributed by atoms with Crippen LogP contribution in [0.25, 0.3) is 22.4 Å². The van der Waals surface area contributed by atoms with Crippen molar-refractivity contribution in [2.24, 2.45) is 0 Å². The smallest absolute Gasteiger partial charge is 0.138 e. The van der Waals surface area contributed by atoms with Gasteiger partial charge in [-0.05, 0) is 55.0 Å². The van der Waals surface area contributed by atoms with Crippen LogP contribution in [0.4, 0.5) is 0 Å². The fourth-order valence-electron chi connectivity index (χ4n) is 3.01. The molecule has 1 heterocycles. The lowest BCUT2D eigenvalue weighted by Crippen LogP contribution is -2.00. The van der Waals surface area contributed by atoms with Crippen LogP contribution in [0.5, 0.6) is 11.5 Å². The number of fused-ring (bicyclic) bond motifs is 1. The number of aryl methyl sites for hydroxylation is 1. The SMILES string of the molecule is COc1ccc(-c2nc3ccccc3[nH]2)cc1COc1ccc(C)cc1Cl. The highest BCUT2D eigenvalue weighted by Crippen LogP contribution is 2.30. The van der Waals surface area contributed by atoms with Gasteiger partial charge in [-0.15, -0.1) is 0 Å². The van der Waals surface area contributed by atoms with Crippen LogP contribution in [0.3, 0.4) is 0 Å². The minimum atomic E-state index is 0.347. The Hall–Kier alpha value is -2.98. The maximum absolute atomic E-state index is 6.27. The number of aromatic amines is 1. The van der Waals surface area contributed by atoms with Gasteiger partial charge in [0.05, 0.1) is 23.2 Å². The molecule has 4 nitrogen and oxygen atoms in total. The van der Waals surface area contributed by atoms with Crippen LogP contribution in [0.2, 0.25) is 5.02 Å². The van der Waals surface area contributed by atoms with Gasteiger partial charge in [0.2, 0.25) is 0 Å². The molecule has 27 heavy (non-hydrogen) atoms. The summed E-state index contributed by atoms with van der Waals surface area (Å²) in [6.07, 6.45) is 0. The van der Waals surface area contributed by atoms with Gasteiger partial charge in [-0.3, -0.25) is 0 Å². The molecule has 4 aromatic rings. The Balaban J connectivity index is 1.64. The van der Waals surface area contributed by atoms with Crippen LogP contribution in [0.15, 0.2) is 60.7 Å². The molecule has 0 aliphatic rings. The van der Waals surface area contributed by atoms with E-state index in [9.17, 15) is 0 Å². The normalized spacial score (nSPS) is 10.9. The quantitative estimate of drug-likeness (QED) is 0.479. The van der Waals surface area contributed by atoms with Gasteiger partial charge in [0.1, 0.15) is 23.9 Å². The molecule has 0 aliphatic heterocycles. The molecule has 0 saturated heterocycles. The molecule has 0 spiro atoms. The number of rotatable bonds is 5. The number of para-hydroxylation sites is 2. The number of methoxy groups -OCH3 is 1. The van der Waals surface area contributed by atoms with Crippen LogP contribution < -0.4 is 9.47 Å². The lowest BCUT2D eigenvalue weighted by Gasteiger charge is -2.13. The Morgan fingerprint density at radius 3 is 2.59 bits per heavy atom. The maximum atomic E-state index is 6.27. The van der Waals surface area contributed by atoms with Crippen molar-refractivity contribution >= 4 is 22.6 Å². The molecule has 0 saturated carbocycles. The zero-order valence-corrected chi connectivity index (χ0v) is 15.9. The Kier molecular flexibility index (Phi) is 4.73. The van der Waals surface area contributed by atoms with Crippen molar-refractivity contribution in [2.45, 2.75) is 13.5 Å². The molecule has 1 aromatic heterocycles. The van der Waals surface area contributed by atoms with Crippen molar-refractivity contribution in [2.75, 3.05) is 7.11 Å². The Morgan fingerprint density at radius 1 is 1.00 bits per heavy atom. The van der Waals surface area contributed by atoms with Crippen molar-refractivity contribution < 1.29 is 9.47 Å². The molecule has 136 valence electrons. The Labute approximate surface area is 162 Å². The van der Waals surface area contributed by atoms with E-state index in [1.54, 1.807) is 7.11 Å². The molecule has 1 N–H and O–H groups in total. The highest BCUT2D eigenvalue weighted by atomic mass is 35.5. The number of hydrogen-bond acceptors (Lipinski definition) is 3. The van der Waals surface area contributed by atoms with Crippen molar-refractivity contribution in [1.29, 1.82) is 0 Å². The Morgan fingerprint density at radius 2 is 1.81 bits per heavy atom. The monoisotopic (exact) mass is 378 g/mol. The second-order valence-electron chi connectivity index (χ2n) is 6.35. The third kappa shape index (κ3) is 3.62. The lowest BCUT2D eigenvalue weighted by molar-refractivity contribution is 0.297. The summed E-state index contributed by atoms with van der Waals surface area (Å²) >= 11 is 6.27. The number of hydrogen-bond donors (Lipinski definition) is 1. The van der Waals surface area contributed by atoms with E-state index in [1.165, 1.54) is 0 Å². The number of halogens is 1. The molecule has 0 fully saturated rings.